The monoisotopic (exact) mass is 429 g/mol. The maximum absolute atomic E-state index is 13.4. The fourth-order valence-electron chi connectivity index (χ4n) is 4.60. The second kappa shape index (κ2) is 8.34. The minimum absolute atomic E-state index is 0.0568. The van der Waals surface area contributed by atoms with Crippen molar-refractivity contribution >= 4 is 5.78 Å². The topological polar surface area (TPSA) is 101 Å². The van der Waals surface area contributed by atoms with Crippen molar-refractivity contribution in [1.82, 2.24) is 14.7 Å². The van der Waals surface area contributed by atoms with Crippen molar-refractivity contribution < 1.29 is 19.5 Å². The molecule has 3 aromatic heterocycles. The van der Waals surface area contributed by atoms with Gasteiger partial charge in [-0.1, -0.05) is 36.6 Å². The standard InChI is InChI=1S/C25H23N3O4/c29-23(18-7-4-13-26-15-18)21-22(17-5-2-1-3-6-17)28(25(31)24(21)30)19-10-8-16(9-11-19)20-12-14-32-27-20/h4,7-15,17,30-31H,1-3,5-6H2. The van der Waals surface area contributed by atoms with Gasteiger partial charge in [-0.3, -0.25) is 14.3 Å². The molecule has 0 unspecified atom stereocenters. The minimum Gasteiger partial charge on any atom is -0.503 e. The first-order valence-electron chi connectivity index (χ1n) is 10.8. The van der Waals surface area contributed by atoms with Gasteiger partial charge in [-0.2, -0.15) is 0 Å². The van der Waals surface area contributed by atoms with Crippen LogP contribution in [0.2, 0.25) is 0 Å². The molecule has 162 valence electrons. The third-order valence-electron chi connectivity index (χ3n) is 6.16. The smallest absolute Gasteiger partial charge is 0.240 e. The van der Waals surface area contributed by atoms with Crippen molar-refractivity contribution in [3.05, 3.63) is 77.9 Å². The molecule has 1 aliphatic carbocycles. The number of hydrogen-bond acceptors (Lipinski definition) is 6. The summed E-state index contributed by atoms with van der Waals surface area (Å²) in [4.78, 5) is 17.4. The molecule has 4 aromatic rings. The summed E-state index contributed by atoms with van der Waals surface area (Å²) in [6.07, 6.45) is 9.61. The molecule has 3 heterocycles. The Hall–Kier alpha value is -3.87. The van der Waals surface area contributed by atoms with Crippen LogP contribution in [0.15, 0.2) is 65.6 Å². The summed E-state index contributed by atoms with van der Waals surface area (Å²) in [6, 6.07) is 12.5. The van der Waals surface area contributed by atoms with E-state index in [1.54, 1.807) is 29.0 Å². The number of pyridine rings is 1. The average Bonchev–Trinajstić information content (AvgIpc) is 3.47. The van der Waals surface area contributed by atoms with E-state index in [0.29, 0.717) is 22.6 Å². The van der Waals surface area contributed by atoms with E-state index in [1.807, 2.05) is 24.3 Å². The number of aromatic nitrogens is 3. The Morgan fingerprint density at radius 2 is 1.81 bits per heavy atom. The molecule has 0 spiro atoms. The first kappa shape index (κ1) is 20.1. The molecule has 0 atom stereocenters. The van der Waals surface area contributed by atoms with E-state index in [1.165, 1.54) is 12.5 Å². The summed E-state index contributed by atoms with van der Waals surface area (Å²) < 4.78 is 6.53. The molecule has 0 aliphatic heterocycles. The maximum atomic E-state index is 13.4. The van der Waals surface area contributed by atoms with Gasteiger partial charge in [-0.15, -0.1) is 0 Å². The predicted molar refractivity (Wildman–Crippen MR) is 118 cm³/mol. The van der Waals surface area contributed by atoms with Gasteiger partial charge in [0.15, 0.2) is 11.5 Å². The molecule has 7 heteroatoms. The summed E-state index contributed by atoms with van der Waals surface area (Å²) in [7, 11) is 0. The second-order valence-corrected chi connectivity index (χ2v) is 8.11. The summed E-state index contributed by atoms with van der Waals surface area (Å²) in [5.41, 5.74) is 3.42. The number of nitrogens with zero attached hydrogens (tertiary/aromatic N) is 3. The van der Waals surface area contributed by atoms with Gasteiger partial charge in [0.05, 0.1) is 5.56 Å². The van der Waals surface area contributed by atoms with Gasteiger partial charge in [-0.25, -0.2) is 0 Å². The molecule has 1 aliphatic rings. The Kier molecular flexibility index (Phi) is 5.23. The third-order valence-corrected chi connectivity index (χ3v) is 6.16. The van der Waals surface area contributed by atoms with E-state index in [-0.39, 0.29) is 28.9 Å². The van der Waals surface area contributed by atoms with Gasteiger partial charge < -0.3 is 14.7 Å². The zero-order valence-electron chi connectivity index (χ0n) is 17.4. The molecule has 0 bridgehead atoms. The Labute approximate surface area is 185 Å². The zero-order chi connectivity index (χ0) is 22.1. The summed E-state index contributed by atoms with van der Waals surface area (Å²) in [5.74, 6) is -1.00. The molecule has 1 fully saturated rings. The van der Waals surface area contributed by atoms with Crippen molar-refractivity contribution in [2.45, 2.75) is 38.0 Å². The first-order chi connectivity index (χ1) is 15.6. The van der Waals surface area contributed by atoms with Crippen LogP contribution >= 0.6 is 0 Å². The maximum Gasteiger partial charge on any atom is 0.240 e. The van der Waals surface area contributed by atoms with Gasteiger partial charge >= 0.3 is 0 Å². The van der Waals surface area contributed by atoms with Crippen LogP contribution in [-0.2, 0) is 0 Å². The molecule has 1 aromatic carbocycles. The van der Waals surface area contributed by atoms with E-state index < -0.39 is 0 Å². The van der Waals surface area contributed by atoms with Crippen LogP contribution in [-0.4, -0.2) is 30.7 Å². The van der Waals surface area contributed by atoms with E-state index in [0.717, 1.165) is 37.7 Å². The first-order valence-corrected chi connectivity index (χ1v) is 10.8. The second-order valence-electron chi connectivity index (χ2n) is 8.11. The highest BCUT2D eigenvalue weighted by Crippen LogP contribution is 2.46. The van der Waals surface area contributed by atoms with Gasteiger partial charge in [-0.05, 0) is 37.1 Å². The highest BCUT2D eigenvalue weighted by molar-refractivity contribution is 6.12. The van der Waals surface area contributed by atoms with Crippen molar-refractivity contribution in [1.29, 1.82) is 0 Å². The highest BCUT2D eigenvalue weighted by atomic mass is 16.5. The third kappa shape index (κ3) is 3.45. The Morgan fingerprint density at radius 3 is 2.47 bits per heavy atom. The number of carbonyl (C=O) groups excluding carboxylic acids is 1. The summed E-state index contributed by atoms with van der Waals surface area (Å²) >= 11 is 0. The number of ketones is 1. The lowest BCUT2D eigenvalue weighted by Crippen LogP contribution is -2.14. The Balaban J connectivity index is 1.66. The van der Waals surface area contributed by atoms with Crippen LogP contribution < -0.4 is 0 Å². The van der Waals surface area contributed by atoms with Crippen LogP contribution in [0.4, 0.5) is 0 Å². The molecule has 5 rings (SSSR count). The molecule has 1 saturated carbocycles. The molecule has 2 N–H and O–H groups in total. The molecule has 32 heavy (non-hydrogen) atoms. The fourth-order valence-corrected chi connectivity index (χ4v) is 4.60. The largest absolute Gasteiger partial charge is 0.503 e. The number of aromatic hydroxyl groups is 2. The average molecular weight is 429 g/mol. The predicted octanol–water partition coefficient (Wildman–Crippen LogP) is 5.22. The summed E-state index contributed by atoms with van der Waals surface area (Å²) in [5, 5.41) is 25.8. The van der Waals surface area contributed by atoms with Crippen molar-refractivity contribution in [3.8, 4) is 28.6 Å². The SMILES string of the molecule is O=C(c1cccnc1)c1c(O)c(O)n(-c2ccc(-c3ccon3)cc2)c1C1CCCCC1. The van der Waals surface area contributed by atoms with Crippen LogP contribution in [0, 0.1) is 0 Å². The van der Waals surface area contributed by atoms with Gasteiger partial charge in [0.1, 0.15) is 12.0 Å². The quantitative estimate of drug-likeness (QED) is 0.422. The van der Waals surface area contributed by atoms with Crippen molar-refractivity contribution in [2.75, 3.05) is 0 Å². The van der Waals surface area contributed by atoms with Gasteiger partial charge in [0.2, 0.25) is 5.88 Å². The van der Waals surface area contributed by atoms with Gasteiger partial charge in [0, 0.05) is 46.9 Å². The van der Waals surface area contributed by atoms with Crippen LogP contribution in [0.5, 0.6) is 11.6 Å². The lowest BCUT2D eigenvalue weighted by molar-refractivity contribution is 0.103. The summed E-state index contributed by atoms with van der Waals surface area (Å²) in [6.45, 7) is 0. The number of rotatable bonds is 5. The number of carbonyl (C=O) groups is 1. The minimum atomic E-state index is -0.389. The molecule has 7 nitrogen and oxygen atoms in total. The van der Waals surface area contributed by atoms with Crippen LogP contribution in [0.25, 0.3) is 16.9 Å². The van der Waals surface area contributed by atoms with E-state index in [9.17, 15) is 15.0 Å². The van der Waals surface area contributed by atoms with Crippen molar-refractivity contribution in [2.24, 2.45) is 0 Å². The van der Waals surface area contributed by atoms with Crippen molar-refractivity contribution in [3.63, 3.8) is 0 Å². The number of hydrogen-bond donors (Lipinski definition) is 2. The van der Waals surface area contributed by atoms with Crippen LogP contribution in [0.3, 0.4) is 0 Å². The highest BCUT2D eigenvalue weighted by Gasteiger charge is 2.33. The molecule has 0 saturated heterocycles. The molecular formula is C25H23N3O4. The molecule has 0 radical (unpaired) electrons. The van der Waals surface area contributed by atoms with E-state index in [2.05, 4.69) is 10.1 Å². The van der Waals surface area contributed by atoms with E-state index in [4.69, 9.17) is 4.52 Å². The zero-order valence-corrected chi connectivity index (χ0v) is 17.4. The fraction of sp³-hybridized carbons (Fsp3) is 0.240. The lowest BCUT2D eigenvalue weighted by Gasteiger charge is -2.24. The molecular weight excluding hydrogens is 406 g/mol. The lowest BCUT2D eigenvalue weighted by atomic mass is 9.84. The Morgan fingerprint density at radius 1 is 1.03 bits per heavy atom. The number of benzene rings is 1. The van der Waals surface area contributed by atoms with E-state index >= 15 is 0 Å². The molecule has 0 amide bonds. The van der Waals surface area contributed by atoms with Gasteiger partial charge in [0.25, 0.3) is 0 Å². The Bertz CT molecular complexity index is 1220. The normalized spacial score (nSPS) is 14.5. The van der Waals surface area contributed by atoms with Crippen LogP contribution in [0.1, 0.15) is 59.6 Å².